The lowest BCUT2D eigenvalue weighted by Gasteiger charge is -2.26. The summed E-state index contributed by atoms with van der Waals surface area (Å²) in [5.74, 6) is 0. The lowest BCUT2D eigenvalue weighted by Crippen LogP contribution is -2.09. The molecule has 15 aromatic rings. The van der Waals surface area contributed by atoms with Gasteiger partial charge >= 0.3 is 0 Å². The van der Waals surface area contributed by atoms with Gasteiger partial charge in [-0.2, -0.15) is 0 Å². The van der Waals surface area contributed by atoms with E-state index in [0.717, 1.165) is 79.1 Å². The molecule has 444 valence electrons. The Morgan fingerprint density at radius 3 is 0.787 bits per heavy atom. The molecule has 1 heteroatoms. The van der Waals surface area contributed by atoms with Crippen molar-refractivity contribution < 1.29 is 0 Å². The molecular weight excluding hydrogens is 1130 g/mol. The number of hydrogen-bond donors (Lipinski definition) is 0. The third-order valence-corrected chi connectivity index (χ3v) is 18.0. The molecule has 0 radical (unpaired) electrons. The molecule has 0 amide bonds. The molecule has 0 N–H and O–H groups in total. The summed E-state index contributed by atoms with van der Waals surface area (Å²) in [6, 6.07) is 141. The van der Waals surface area contributed by atoms with Crippen molar-refractivity contribution in [2.24, 2.45) is 0 Å². The Morgan fingerprint density at radius 1 is 0.213 bits per heavy atom. The van der Waals surface area contributed by atoms with E-state index in [9.17, 15) is 0 Å². The molecule has 0 heterocycles. The van der Waals surface area contributed by atoms with Crippen LogP contribution in [0, 0.1) is 0 Å². The lowest BCUT2D eigenvalue weighted by molar-refractivity contribution is 1.28. The molecule has 0 aliphatic rings. The van der Waals surface area contributed by atoms with Crippen molar-refractivity contribution in [1.82, 2.24) is 0 Å². The maximum absolute atomic E-state index is 2.35. The molecule has 0 fully saturated rings. The van der Waals surface area contributed by atoms with Crippen LogP contribution < -0.4 is 4.90 Å². The Labute approximate surface area is 552 Å². The van der Waals surface area contributed by atoms with E-state index in [1.807, 2.05) is 0 Å². The van der Waals surface area contributed by atoms with Gasteiger partial charge in [-0.05, 0) is 176 Å². The fourth-order valence-corrected chi connectivity index (χ4v) is 13.6. The molecule has 0 aliphatic carbocycles. The highest BCUT2D eigenvalue weighted by molar-refractivity contribution is 6.21. The number of hydrogen-bond acceptors (Lipinski definition) is 1. The van der Waals surface area contributed by atoms with Crippen LogP contribution in [0.1, 0.15) is 61.2 Å². The first kappa shape index (κ1) is 58.2. The van der Waals surface area contributed by atoms with Gasteiger partial charge in [-0.3, -0.25) is 0 Å². The fourth-order valence-electron chi connectivity index (χ4n) is 13.6. The van der Waals surface area contributed by atoms with Crippen LogP contribution in [-0.2, 0) is 6.42 Å². The minimum Gasteiger partial charge on any atom is -0.311 e. The summed E-state index contributed by atoms with van der Waals surface area (Å²) in [6.45, 7) is 0. The van der Waals surface area contributed by atoms with E-state index >= 15 is 0 Å². The number of fused-ring (bicyclic) bond motifs is 2. The van der Waals surface area contributed by atoms with Gasteiger partial charge in [0.25, 0.3) is 0 Å². The minimum atomic E-state index is 0.842. The van der Waals surface area contributed by atoms with Gasteiger partial charge in [0.1, 0.15) is 0 Å². The molecule has 0 saturated carbocycles. The monoisotopic (exact) mass is 1200 g/mol. The highest BCUT2D eigenvalue weighted by Crippen LogP contribution is 2.47. The van der Waals surface area contributed by atoms with Crippen LogP contribution >= 0.6 is 0 Å². The number of allylic oxidation sites excluding steroid dienone is 1. The van der Waals surface area contributed by atoms with Gasteiger partial charge < -0.3 is 4.90 Å². The Bertz CT molecular complexity index is 5050. The highest BCUT2D eigenvalue weighted by atomic mass is 15.1. The molecule has 0 saturated heterocycles. The summed E-state index contributed by atoms with van der Waals surface area (Å²) in [6.07, 6.45) is 3.19. The first-order valence-corrected chi connectivity index (χ1v) is 32.4. The molecule has 0 aromatic heterocycles. The minimum absolute atomic E-state index is 0.842. The Hall–Kier alpha value is -12.2. The standard InChI is InChI=1S/C93H67N/c1-9-29-67(30-10-1)65-80(69-31-11-2-12-32-69)66-68-49-51-74(52-50-68)88(70-33-13-3-14-34-70)89(71-35-15-4-16-36-71)75-53-57-78(58-54-75)92-84-45-25-27-47-86(84)93(87-48-28-26-46-85(87)92)79-59-55-76(56-60-79)90(72-37-17-5-18-38-72)91(73-39-19-6-20-40-73)77-61-63-83(64-62-77)94(81-41-21-7-22-42-81)82-43-23-8-24-44-82/h1-64,66H,65H2/b80-66-,89-88+,91-90+. The maximum atomic E-state index is 2.35. The second-order valence-corrected chi connectivity index (χ2v) is 23.8. The van der Waals surface area contributed by atoms with Crippen molar-refractivity contribution in [2.75, 3.05) is 4.90 Å². The molecule has 0 atom stereocenters. The number of anilines is 3. The molecule has 94 heavy (non-hydrogen) atoms. The smallest absolute Gasteiger partial charge is 0.0462 e. The van der Waals surface area contributed by atoms with Crippen LogP contribution in [0.25, 0.3) is 77.7 Å². The largest absolute Gasteiger partial charge is 0.311 e. The summed E-state index contributed by atoms with van der Waals surface area (Å²) in [7, 11) is 0. The molecule has 1 nitrogen and oxygen atoms in total. The van der Waals surface area contributed by atoms with Gasteiger partial charge in [0.05, 0.1) is 0 Å². The van der Waals surface area contributed by atoms with Crippen LogP contribution in [-0.4, -0.2) is 0 Å². The topological polar surface area (TPSA) is 3.24 Å². The van der Waals surface area contributed by atoms with Crippen molar-refractivity contribution in [3.05, 3.63) is 449 Å². The molecular formula is C93H67N. The van der Waals surface area contributed by atoms with Crippen molar-refractivity contribution >= 4 is 72.5 Å². The normalized spacial score (nSPS) is 12.1. The molecule has 0 spiro atoms. The van der Waals surface area contributed by atoms with Crippen LogP contribution in [0.5, 0.6) is 0 Å². The van der Waals surface area contributed by atoms with Crippen molar-refractivity contribution in [1.29, 1.82) is 0 Å². The predicted octanol–water partition coefficient (Wildman–Crippen LogP) is 24.6. The average Bonchev–Trinajstić information content (AvgIpc) is 0.791. The van der Waals surface area contributed by atoms with Crippen LogP contribution in [0.2, 0.25) is 0 Å². The number of para-hydroxylation sites is 2. The van der Waals surface area contributed by atoms with E-state index in [1.54, 1.807) is 0 Å². The quantitative estimate of drug-likeness (QED) is 0.0649. The van der Waals surface area contributed by atoms with E-state index in [2.05, 4.69) is 399 Å². The Balaban J connectivity index is 0.825. The van der Waals surface area contributed by atoms with Crippen molar-refractivity contribution in [2.45, 2.75) is 6.42 Å². The van der Waals surface area contributed by atoms with E-state index in [-0.39, 0.29) is 0 Å². The Morgan fingerprint density at radius 2 is 0.457 bits per heavy atom. The molecule has 0 aliphatic heterocycles. The second kappa shape index (κ2) is 27.1. The average molecular weight is 1200 g/mol. The van der Waals surface area contributed by atoms with Gasteiger partial charge in [-0.1, -0.05) is 358 Å². The summed E-state index contributed by atoms with van der Waals surface area (Å²) < 4.78 is 0. The zero-order valence-corrected chi connectivity index (χ0v) is 52.2. The van der Waals surface area contributed by atoms with E-state index in [4.69, 9.17) is 0 Å². The summed E-state index contributed by atoms with van der Waals surface area (Å²) in [5, 5.41) is 4.84. The molecule has 15 aromatic carbocycles. The van der Waals surface area contributed by atoms with Crippen molar-refractivity contribution in [3.63, 3.8) is 0 Å². The second-order valence-electron chi connectivity index (χ2n) is 23.8. The zero-order valence-electron chi connectivity index (χ0n) is 52.2. The van der Waals surface area contributed by atoms with E-state index < -0.39 is 0 Å². The first-order valence-electron chi connectivity index (χ1n) is 32.4. The molecule has 15 rings (SSSR count). The lowest BCUT2D eigenvalue weighted by atomic mass is 9.83. The molecule has 0 unspecified atom stereocenters. The number of benzene rings is 15. The Kier molecular flexibility index (Phi) is 16.8. The van der Waals surface area contributed by atoms with Gasteiger partial charge in [0, 0.05) is 17.1 Å². The number of nitrogens with zero attached hydrogens (tertiary/aromatic N) is 1. The van der Waals surface area contributed by atoms with Crippen LogP contribution in [0.15, 0.2) is 388 Å². The number of rotatable bonds is 17. The first-order chi connectivity index (χ1) is 46.7. The van der Waals surface area contributed by atoms with E-state index in [0.29, 0.717) is 0 Å². The van der Waals surface area contributed by atoms with Gasteiger partial charge in [-0.15, -0.1) is 0 Å². The summed E-state index contributed by atoms with van der Waals surface area (Å²) >= 11 is 0. The van der Waals surface area contributed by atoms with Crippen molar-refractivity contribution in [3.8, 4) is 22.3 Å². The molecule has 0 bridgehead atoms. The third-order valence-electron chi connectivity index (χ3n) is 18.0. The van der Waals surface area contributed by atoms with Crippen LogP contribution in [0.4, 0.5) is 17.1 Å². The zero-order chi connectivity index (χ0) is 62.8. The predicted molar refractivity (Wildman–Crippen MR) is 400 cm³/mol. The summed E-state index contributed by atoms with van der Waals surface area (Å²) in [4.78, 5) is 2.32. The maximum Gasteiger partial charge on any atom is 0.0462 e. The summed E-state index contributed by atoms with van der Waals surface area (Å²) in [5.41, 5.74) is 26.9. The van der Waals surface area contributed by atoms with Crippen LogP contribution in [0.3, 0.4) is 0 Å². The third kappa shape index (κ3) is 12.2. The SMILES string of the molecule is C(=C(\Cc1ccccc1)c1ccccc1)/c1ccc(/C(=C(\c2ccccc2)c2ccc(-c3c4ccccc4c(-c4ccc(/C(=C(\c5ccccc5)c5ccc(N(c6ccccc6)c6ccccc6)cc5)c5ccccc5)cc4)c4ccccc34)cc2)c2ccccc2)cc1. The highest BCUT2D eigenvalue weighted by Gasteiger charge is 2.22. The van der Waals surface area contributed by atoms with Gasteiger partial charge in [0.2, 0.25) is 0 Å². The van der Waals surface area contributed by atoms with E-state index in [1.165, 1.54) is 77.2 Å². The fraction of sp³-hybridized carbons (Fsp3) is 0.0108. The van der Waals surface area contributed by atoms with Gasteiger partial charge in [0.15, 0.2) is 0 Å². The van der Waals surface area contributed by atoms with Gasteiger partial charge in [-0.25, -0.2) is 0 Å².